The van der Waals surface area contributed by atoms with Gasteiger partial charge in [-0.05, 0) is 12.1 Å². The molecule has 0 bridgehead atoms. The Labute approximate surface area is 92.4 Å². The Kier molecular flexibility index (Phi) is 3.68. The van der Waals surface area contributed by atoms with E-state index in [1.165, 1.54) is 30.9 Å². The molecule has 6 nitrogen and oxygen atoms in total. The molecule has 0 aliphatic rings. The van der Waals surface area contributed by atoms with Gasteiger partial charge < -0.3 is 19.1 Å². The fraction of sp³-hybridized carbons (Fsp3) is 0.400. The average molecular weight is 227 g/mol. The highest BCUT2D eigenvalue weighted by atomic mass is 16.5. The van der Waals surface area contributed by atoms with Crippen LogP contribution in [0, 0.1) is 0 Å². The van der Waals surface area contributed by atoms with Crippen LogP contribution in [0.25, 0.3) is 0 Å². The number of carbonyl (C=O) groups excluding carboxylic acids is 2. The number of aromatic nitrogens is 1. The summed E-state index contributed by atoms with van der Waals surface area (Å²) in [5, 5.41) is 9.59. The average Bonchev–Trinajstić information content (AvgIpc) is 2.68. The Morgan fingerprint density at radius 3 is 2.44 bits per heavy atom. The number of hydrogen-bond acceptors (Lipinski definition) is 5. The zero-order valence-electron chi connectivity index (χ0n) is 9.26. The lowest BCUT2D eigenvalue weighted by Crippen LogP contribution is -2.18. The van der Waals surface area contributed by atoms with Crippen molar-refractivity contribution in [3.05, 3.63) is 23.5 Å². The number of hydrogen-bond donors (Lipinski definition) is 1. The molecular weight excluding hydrogens is 214 g/mol. The van der Waals surface area contributed by atoms with Crippen LogP contribution in [0.4, 0.5) is 0 Å². The third-order valence-corrected chi connectivity index (χ3v) is 2.26. The van der Waals surface area contributed by atoms with Crippen molar-refractivity contribution in [2.45, 2.75) is 6.10 Å². The van der Waals surface area contributed by atoms with E-state index in [9.17, 15) is 14.7 Å². The second-order valence-corrected chi connectivity index (χ2v) is 3.12. The monoisotopic (exact) mass is 227 g/mol. The zero-order chi connectivity index (χ0) is 12.3. The van der Waals surface area contributed by atoms with Crippen LogP contribution < -0.4 is 0 Å². The van der Waals surface area contributed by atoms with Crippen LogP contribution in [0.15, 0.2) is 12.1 Å². The van der Waals surface area contributed by atoms with Gasteiger partial charge in [0.2, 0.25) is 0 Å². The van der Waals surface area contributed by atoms with Crippen LogP contribution in [0.5, 0.6) is 0 Å². The van der Waals surface area contributed by atoms with Gasteiger partial charge in [-0.2, -0.15) is 0 Å². The van der Waals surface area contributed by atoms with Gasteiger partial charge in [-0.3, -0.25) is 0 Å². The fourth-order valence-electron chi connectivity index (χ4n) is 1.34. The molecule has 1 heterocycles. The molecule has 0 aliphatic carbocycles. The minimum Gasteiger partial charge on any atom is -0.467 e. The van der Waals surface area contributed by atoms with E-state index in [2.05, 4.69) is 9.47 Å². The van der Waals surface area contributed by atoms with Gasteiger partial charge in [-0.15, -0.1) is 0 Å². The molecule has 1 aromatic heterocycles. The van der Waals surface area contributed by atoms with Gasteiger partial charge in [0.05, 0.1) is 19.9 Å². The van der Waals surface area contributed by atoms with Crippen molar-refractivity contribution >= 4 is 11.9 Å². The molecule has 0 spiro atoms. The Hall–Kier alpha value is -1.82. The lowest BCUT2D eigenvalue weighted by Gasteiger charge is -2.10. The van der Waals surface area contributed by atoms with Crippen LogP contribution in [0.2, 0.25) is 0 Å². The second-order valence-electron chi connectivity index (χ2n) is 3.12. The Morgan fingerprint density at radius 1 is 1.31 bits per heavy atom. The SMILES string of the molecule is COC(=O)c1ccc(C(O)C(=O)OC)n1C. The third kappa shape index (κ3) is 2.06. The highest BCUT2D eigenvalue weighted by Crippen LogP contribution is 2.17. The van der Waals surface area contributed by atoms with Gasteiger partial charge >= 0.3 is 11.9 Å². The third-order valence-electron chi connectivity index (χ3n) is 2.26. The summed E-state index contributed by atoms with van der Waals surface area (Å²) in [6.45, 7) is 0. The molecule has 0 fully saturated rings. The van der Waals surface area contributed by atoms with Crippen molar-refractivity contribution in [2.75, 3.05) is 14.2 Å². The Balaban J connectivity index is 3.04. The second kappa shape index (κ2) is 4.80. The standard InChI is InChI=1S/C10H13NO5/c1-11-6(8(12)10(14)16-3)4-5-7(11)9(13)15-2/h4-5,8,12H,1-3H3. The van der Waals surface area contributed by atoms with E-state index in [0.29, 0.717) is 0 Å². The topological polar surface area (TPSA) is 77.8 Å². The fourth-order valence-corrected chi connectivity index (χ4v) is 1.34. The molecule has 1 N–H and O–H groups in total. The molecule has 1 unspecified atom stereocenters. The number of ether oxygens (including phenoxy) is 2. The lowest BCUT2D eigenvalue weighted by molar-refractivity contribution is -0.151. The minimum atomic E-state index is -1.41. The van der Waals surface area contributed by atoms with Crippen molar-refractivity contribution in [3.8, 4) is 0 Å². The van der Waals surface area contributed by atoms with Gasteiger partial charge in [0, 0.05) is 7.05 Å². The first-order valence-electron chi connectivity index (χ1n) is 4.52. The van der Waals surface area contributed by atoms with Crippen LogP contribution in [-0.4, -0.2) is 35.8 Å². The van der Waals surface area contributed by atoms with Crippen molar-refractivity contribution in [1.82, 2.24) is 4.57 Å². The molecule has 16 heavy (non-hydrogen) atoms. The number of aliphatic hydroxyl groups is 1. The summed E-state index contributed by atoms with van der Waals surface area (Å²) in [7, 11) is 3.98. The number of aliphatic hydroxyl groups excluding tert-OH is 1. The quantitative estimate of drug-likeness (QED) is 0.736. The van der Waals surface area contributed by atoms with Crippen molar-refractivity contribution < 1.29 is 24.2 Å². The van der Waals surface area contributed by atoms with Crippen molar-refractivity contribution in [2.24, 2.45) is 7.05 Å². The highest BCUT2D eigenvalue weighted by molar-refractivity contribution is 5.88. The highest BCUT2D eigenvalue weighted by Gasteiger charge is 2.23. The number of nitrogens with zero attached hydrogens (tertiary/aromatic N) is 1. The minimum absolute atomic E-state index is 0.250. The number of esters is 2. The van der Waals surface area contributed by atoms with E-state index in [4.69, 9.17) is 0 Å². The van der Waals surface area contributed by atoms with E-state index in [1.807, 2.05) is 0 Å². The number of carbonyl (C=O) groups is 2. The van der Waals surface area contributed by atoms with E-state index in [1.54, 1.807) is 7.05 Å². The number of methoxy groups -OCH3 is 2. The molecule has 0 saturated carbocycles. The smallest absolute Gasteiger partial charge is 0.354 e. The summed E-state index contributed by atoms with van der Waals surface area (Å²) in [4.78, 5) is 22.4. The normalized spacial score (nSPS) is 12.0. The summed E-state index contributed by atoms with van der Waals surface area (Å²) in [6, 6.07) is 2.93. The summed E-state index contributed by atoms with van der Waals surface area (Å²) >= 11 is 0. The predicted molar refractivity (Wildman–Crippen MR) is 53.7 cm³/mol. The van der Waals surface area contributed by atoms with Gasteiger partial charge in [0.25, 0.3) is 0 Å². The molecule has 0 aliphatic heterocycles. The summed E-state index contributed by atoms with van der Waals surface area (Å²) in [6.07, 6.45) is -1.41. The largest absolute Gasteiger partial charge is 0.467 e. The van der Waals surface area contributed by atoms with Gasteiger partial charge in [-0.25, -0.2) is 9.59 Å². The van der Waals surface area contributed by atoms with E-state index >= 15 is 0 Å². The molecule has 6 heteroatoms. The molecular formula is C10H13NO5. The first-order valence-corrected chi connectivity index (χ1v) is 4.52. The molecule has 0 aromatic carbocycles. The maximum absolute atomic E-state index is 11.3. The summed E-state index contributed by atoms with van der Waals surface area (Å²) in [5.74, 6) is -1.32. The molecule has 1 aromatic rings. The first kappa shape index (κ1) is 12.3. The zero-order valence-corrected chi connectivity index (χ0v) is 9.26. The predicted octanol–water partition coefficient (Wildman–Crippen LogP) is 0.0181. The van der Waals surface area contributed by atoms with Crippen LogP contribution >= 0.6 is 0 Å². The molecule has 88 valence electrons. The van der Waals surface area contributed by atoms with Gasteiger partial charge in [-0.1, -0.05) is 0 Å². The van der Waals surface area contributed by atoms with Crippen LogP contribution in [0.3, 0.4) is 0 Å². The maximum atomic E-state index is 11.3. The van der Waals surface area contributed by atoms with Crippen LogP contribution in [-0.2, 0) is 21.3 Å². The molecule has 1 atom stereocenters. The van der Waals surface area contributed by atoms with Crippen molar-refractivity contribution in [1.29, 1.82) is 0 Å². The summed E-state index contributed by atoms with van der Waals surface area (Å²) in [5.41, 5.74) is 0.521. The van der Waals surface area contributed by atoms with Gasteiger partial charge in [0.1, 0.15) is 5.69 Å². The van der Waals surface area contributed by atoms with Gasteiger partial charge in [0.15, 0.2) is 6.10 Å². The molecule has 0 radical (unpaired) electrons. The maximum Gasteiger partial charge on any atom is 0.354 e. The van der Waals surface area contributed by atoms with Crippen LogP contribution in [0.1, 0.15) is 22.3 Å². The molecule has 0 amide bonds. The van der Waals surface area contributed by atoms with E-state index in [-0.39, 0.29) is 11.4 Å². The molecule has 0 saturated heterocycles. The number of rotatable bonds is 3. The lowest BCUT2D eigenvalue weighted by atomic mass is 10.2. The summed E-state index contributed by atoms with van der Waals surface area (Å²) < 4.78 is 10.3. The Bertz CT molecular complexity index is 409. The first-order chi connectivity index (χ1) is 7.52. The Morgan fingerprint density at radius 2 is 1.94 bits per heavy atom. The van der Waals surface area contributed by atoms with E-state index in [0.717, 1.165) is 0 Å². The van der Waals surface area contributed by atoms with E-state index < -0.39 is 18.0 Å². The molecule has 1 rings (SSSR count). The van der Waals surface area contributed by atoms with Crippen molar-refractivity contribution in [3.63, 3.8) is 0 Å².